The second-order valence-corrected chi connectivity index (χ2v) is 9.80. The normalized spacial score (nSPS) is 13.9. The molecule has 0 fully saturated rings. The predicted molar refractivity (Wildman–Crippen MR) is 78.0 cm³/mol. The Bertz CT molecular complexity index is 371. The van der Waals surface area contributed by atoms with Gasteiger partial charge in [-0.15, -0.1) is 0 Å². The first-order valence-electron chi connectivity index (χ1n) is 5.82. The molecule has 0 spiro atoms. The van der Waals surface area contributed by atoms with E-state index >= 15 is 0 Å². The van der Waals surface area contributed by atoms with Crippen molar-refractivity contribution in [2.24, 2.45) is 0 Å². The molecule has 0 aliphatic rings. The van der Waals surface area contributed by atoms with Crippen molar-refractivity contribution in [1.29, 1.82) is 0 Å². The molecule has 0 atom stereocenters. The summed E-state index contributed by atoms with van der Waals surface area (Å²) in [5.41, 5.74) is 0. The highest BCUT2D eigenvalue weighted by Crippen LogP contribution is 2.16. The summed E-state index contributed by atoms with van der Waals surface area (Å²) in [5, 5.41) is 9.94. The van der Waals surface area contributed by atoms with Crippen LogP contribution >= 0.6 is 0 Å². The minimum atomic E-state index is -1.43. The van der Waals surface area contributed by atoms with Gasteiger partial charge in [0.25, 0.3) is 0 Å². The van der Waals surface area contributed by atoms with Gasteiger partial charge >= 0.3 is 5.97 Å². The molecule has 0 aromatic heterocycles. The third-order valence-corrected chi connectivity index (χ3v) is 4.27. The van der Waals surface area contributed by atoms with Gasteiger partial charge in [0.05, 0.1) is 21.8 Å². The van der Waals surface area contributed by atoms with Crippen LogP contribution in [0, 0.1) is 0 Å². The van der Waals surface area contributed by atoms with Gasteiger partial charge in [-0.2, -0.15) is 0 Å². The number of methoxy groups -OCH3 is 1. The Morgan fingerprint density at radius 3 is 2.28 bits per heavy atom. The Hall–Kier alpha value is -1.39. The van der Waals surface area contributed by atoms with Crippen molar-refractivity contribution in [3.63, 3.8) is 0 Å². The van der Waals surface area contributed by atoms with Crippen LogP contribution in [-0.4, -0.2) is 32.9 Å². The molecule has 3 nitrogen and oxygen atoms in total. The monoisotopic (exact) mass is 266 g/mol. The zero-order chi connectivity index (χ0) is 14.0. The molecule has 0 rings (SSSR count). The summed E-state index contributed by atoms with van der Waals surface area (Å²) in [7, 11) is -0.0801. The molecule has 4 heteroatoms. The van der Waals surface area contributed by atoms with Gasteiger partial charge in [0.1, 0.15) is 0 Å². The van der Waals surface area contributed by atoms with E-state index < -0.39 is 8.07 Å². The Labute approximate surface area is 110 Å². The molecule has 18 heavy (non-hydrogen) atoms. The maximum atomic E-state index is 10.9. The van der Waals surface area contributed by atoms with Gasteiger partial charge in [0.15, 0.2) is 0 Å². The number of hydrogen-bond donors (Lipinski definition) is 1. The Kier molecular flexibility index (Phi) is 7.99. The van der Waals surface area contributed by atoms with Gasteiger partial charge in [-0.25, -0.2) is 4.79 Å². The van der Waals surface area contributed by atoms with Crippen molar-refractivity contribution in [1.82, 2.24) is 0 Å². The number of aliphatic hydroxyl groups excluding tert-OH is 1. The average Bonchev–Trinajstić information content (AvgIpc) is 2.30. The standard InChI is InChI=1S/C14H22O3Si/c1-17-14(16)11-6-5-9-13(18(2,3)4)10-7-8-12-15/h5-11,15H,12H2,1-4H3/b8-7+,9-5+,11-6+,13-10+. The Balaban J connectivity index is 4.76. The number of hydrogen-bond acceptors (Lipinski definition) is 3. The van der Waals surface area contributed by atoms with Crippen molar-refractivity contribution >= 4 is 14.0 Å². The molecule has 0 heterocycles. The van der Waals surface area contributed by atoms with Crippen molar-refractivity contribution in [3.05, 3.63) is 47.7 Å². The minimum Gasteiger partial charge on any atom is -0.466 e. The molecule has 1 N–H and O–H groups in total. The molecule has 0 aromatic rings. The van der Waals surface area contributed by atoms with Gasteiger partial charge in [-0.05, 0) is 0 Å². The second kappa shape index (κ2) is 8.66. The number of rotatable bonds is 6. The van der Waals surface area contributed by atoms with Crippen LogP contribution in [0.15, 0.2) is 47.7 Å². The maximum absolute atomic E-state index is 10.9. The van der Waals surface area contributed by atoms with Crippen LogP contribution in [0.3, 0.4) is 0 Å². The van der Waals surface area contributed by atoms with E-state index in [2.05, 4.69) is 24.4 Å². The predicted octanol–water partition coefficient (Wildman–Crippen LogP) is 2.62. The first-order chi connectivity index (χ1) is 8.41. The first-order valence-corrected chi connectivity index (χ1v) is 9.32. The summed E-state index contributed by atoms with van der Waals surface area (Å²) >= 11 is 0. The summed E-state index contributed by atoms with van der Waals surface area (Å²) in [6.45, 7) is 6.75. The molecule has 0 amide bonds. The summed E-state index contributed by atoms with van der Waals surface area (Å²) in [6.07, 6.45) is 12.4. The van der Waals surface area contributed by atoms with Crippen molar-refractivity contribution in [3.8, 4) is 0 Å². The van der Waals surface area contributed by atoms with Crippen molar-refractivity contribution in [2.75, 3.05) is 13.7 Å². The van der Waals surface area contributed by atoms with E-state index in [1.807, 2.05) is 24.3 Å². The van der Waals surface area contributed by atoms with E-state index in [1.165, 1.54) is 18.4 Å². The lowest BCUT2D eigenvalue weighted by molar-refractivity contribution is -0.134. The number of esters is 1. The van der Waals surface area contributed by atoms with Crippen LogP contribution in [-0.2, 0) is 9.53 Å². The fourth-order valence-electron chi connectivity index (χ4n) is 1.15. The summed E-state index contributed by atoms with van der Waals surface area (Å²) in [6, 6.07) is 0. The quantitative estimate of drug-likeness (QED) is 0.348. The third kappa shape index (κ3) is 7.81. The van der Waals surface area contributed by atoms with Gasteiger partial charge in [-0.1, -0.05) is 61.3 Å². The molecular weight excluding hydrogens is 244 g/mol. The highest BCUT2D eigenvalue weighted by Gasteiger charge is 2.16. The molecule has 0 bridgehead atoms. The van der Waals surface area contributed by atoms with Gasteiger partial charge in [0, 0.05) is 6.08 Å². The number of carbonyl (C=O) groups excluding carboxylic acids is 1. The fourth-order valence-corrected chi connectivity index (χ4v) is 2.34. The lowest BCUT2D eigenvalue weighted by Crippen LogP contribution is -2.22. The topological polar surface area (TPSA) is 46.5 Å². The lowest BCUT2D eigenvalue weighted by atomic mass is 10.3. The lowest BCUT2D eigenvalue weighted by Gasteiger charge is -2.17. The van der Waals surface area contributed by atoms with E-state index in [4.69, 9.17) is 5.11 Å². The molecule has 0 unspecified atom stereocenters. The first kappa shape index (κ1) is 16.6. The van der Waals surface area contributed by atoms with E-state index in [1.54, 1.807) is 12.2 Å². The molecule has 0 radical (unpaired) electrons. The average molecular weight is 266 g/mol. The largest absolute Gasteiger partial charge is 0.466 e. The smallest absolute Gasteiger partial charge is 0.330 e. The van der Waals surface area contributed by atoms with Crippen LogP contribution in [0.1, 0.15) is 0 Å². The SMILES string of the molecule is COC(=O)/C=C/C=C/C(=C\C=C\CO)[Si](C)(C)C. The number of ether oxygens (including phenoxy) is 1. The molecular formula is C14H22O3Si. The molecule has 0 saturated carbocycles. The summed E-state index contributed by atoms with van der Waals surface area (Å²) in [4.78, 5) is 10.9. The molecule has 0 aliphatic carbocycles. The molecule has 0 saturated heterocycles. The van der Waals surface area contributed by atoms with Crippen LogP contribution in [0.4, 0.5) is 0 Å². The van der Waals surface area contributed by atoms with Crippen molar-refractivity contribution in [2.45, 2.75) is 19.6 Å². The zero-order valence-electron chi connectivity index (χ0n) is 11.5. The molecule has 100 valence electrons. The summed E-state index contributed by atoms with van der Waals surface area (Å²) < 4.78 is 4.50. The number of aliphatic hydroxyl groups is 1. The number of allylic oxidation sites excluding steroid dienone is 6. The highest BCUT2D eigenvalue weighted by atomic mass is 28.3. The Morgan fingerprint density at radius 1 is 1.17 bits per heavy atom. The fraction of sp³-hybridized carbons (Fsp3) is 0.357. The van der Waals surface area contributed by atoms with E-state index in [-0.39, 0.29) is 12.6 Å². The maximum Gasteiger partial charge on any atom is 0.330 e. The van der Waals surface area contributed by atoms with Gasteiger partial charge < -0.3 is 9.84 Å². The second-order valence-electron chi connectivity index (χ2n) is 4.72. The summed E-state index contributed by atoms with van der Waals surface area (Å²) in [5.74, 6) is -0.363. The zero-order valence-corrected chi connectivity index (χ0v) is 12.5. The minimum absolute atomic E-state index is 0.0431. The molecule has 0 aromatic carbocycles. The number of carbonyl (C=O) groups is 1. The van der Waals surface area contributed by atoms with E-state index in [0.29, 0.717) is 0 Å². The van der Waals surface area contributed by atoms with Crippen LogP contribution in [0.5, 0.6) is 0 Å². The van der Waals surface area contributed by atoms with E-state index in [9.17, 15) is 4.79 Å². The van der Waals surface area contributed by atoms with Crippen LogP contribution < -0.4 is 0 Å². The van der Waals surface area contributed by atoms with Crippen LogP contribution in [0.2, 0.25) is 19.6 Å². The third-order valence-electron chi connectivity index (χ3n) is 2.20. The molecule has 0 aliphatic heterocycles. The van der Waals surface area contributed by atoms with Gasteiger partial charge in [-0.3, -0.25) is 0 Å². The van der Waals surface area contributed by atoms with Crippen LogP contribution in [0.25, 0.3) is 0 Å². The Morgan fingerprint density at radius 2 is 1.78 bits per heavy atom. The highest BCUT2D eigenvalue weighted by molar-refractivity contribution is 6.83. The van der Waals surface area contributed by atoms with E-state index in [0.717, 1.165) is 0 Å². The van der Waals surface area contributed by atoms with Crippen molar-refractivity contribution < 1.29 is 14.6 Å². The van der Waals surface area contributed by atoms with Gasteiger partial charge in [0.2, 0.25) is 0 Å².